The highest BCUT2D eigenvalue weighted by Crippen LogP contribution is 2.27. The summed E-state index contributed by atoms with van der Waals surface area (Å²) in [7, 11) is 0. The Morgan fingerprint density at radius 1 is 1.36 bits per heavy atom. The van der Waals surface area contributed by atoms with Crippen molar-refractivity contribution in [2.75, 3.05) is 13.1 Å². The van der Waals surface area contributed by atoms with E-state index in [4.69, 9.17) is 5.84 Å². The molecule has 1 atom stereocenters. The van der Waals surface area contributed by atoms with Crippen molar-refractivity contribution in [3.8, 4) is 0 Å². The number of hydrazine groups is 1. The largest absolute Gasteiger partial charge is 0.269 e. The summed E-state index contributed by atoms with van der Waals surface area (Å²) < 4.78 is 0. The second kappa shape index (κ2) is 4.11. The summed E-state index contributed by atoms with van der Waals surface area (Å²) in [5.41, 5.74) is 2.87. The molecular formula is C12H18N2. The molecule has 2 heteroatoms. The van der Waals surface area contributed by atoms with Crippen LogP contribution in [-0.2, 0) is 0 Å². The van der Waals surface area contributed by atoms with Crippen LogP contribution in [0.15, 0.2) is 24.3 Å². The quantitative estimate of drug-likeness (QED) is 0.687. The number of piperidine rings is 1. The van der Waals surface area contributed by atoms with Crippen molar-refractivity contribution in [2.24, 2.45) is 5.84 Å². The van der Waals surface area contributed by atoms with Gasteiger partial charge in [-0.15, -0.1) is 0 Å². The van der Waals surface area contributed by atoms with E-state index in [1.807, 2.05) is 5.01 Å². The molecule has 0 amide bonds. The standard InChI is InChI=1S/C12H18N2/c1-10-5-2-3-7-12(10)11-6-4-8-14(13)9-11/h2-3,5,7,11H,4,6,8-9,13H2,1H3. The molecule has 2 N–H and O–H groups in total. The molecule has 0 bridgehead atoms. The molecule has 0 radical (unpaired) electrons. The minimum absolute atomic E-state index is 0.634. The molecule has 1 fully saturated rings. The van der Waals surface area contributed by atoms with Gasteiger partial charge in [0.25, 0.3) is 0 Å². The molecule has 0 spiro atoms. The molecule has 1 aliphatic heterocycles. The first-order chi connectivity index (χ1) is 6.77. The Morgan fingerprint density at radius 3 is 2.86 bits per heavy atom. The Kier molecular flexibility index (Phi) is 2.85. The van der Waals surface area contributed by atoms with Gasteiger partial charge in [0.05, 0.1) is 0 Å². The number of hydrogen-bond donors (Lipinski definition) is 1. The van der Waals surface area contributed by atoms with E-state index in [0.717, 1.165) is 13.1 Å². The molecular weight excluding hydrogens is 172 g/mol. The second-order valence-electron chi connectivity index (χ2n) is 4.19. The summed E-state index contributed by atoms with van der Waals surface area (Å²) in [6, 6.07) is 8.64. The maximum absolute atomic E-state index is 5.85. The van der Waals surface area contributed by atoms with Crippen LogP contribution in [0.5, 0.6) is 0 Å². The van der Waals surface area contributed by atoms with Crippen LogP contribution in [0.3, 0.4) is 0 Å². The fraction of sp³-hybridized carbons (Fsp3) is 0.500. The van der Waals surface area contributed by atoms with Gasteiger partial charge >= 0.3 is 0 Å². The monoisotopic (exact) mass is 190 g/mol. The van der Waals surface area contributed by atoms with Crippen molar-refractivity contribution in [1.82, 2.24) is 5.01 Å². The van der Waals surface area contributed by atoms with Gasteiger partial charge in [-0.1, -0.05) is 24.3 Å². The minimum atomic E-state index is 0.634. The van der Waals surface area contributed by atoms with E-state index < -0.39 is 0 Å². The van der Waals surface area contributed by atoms with Crippen molar-refractivity contribution in [2.45, 2.75) is 25.7 Å². The van der Waals surface area contributed by atoms with Crippen LogP contribution >= 0.6 is 0 Å². The zero-order valence-electron chi connectivity index (χ0n) is 8.74. The van der Waals surface area contributed by atoms with E-state index in [-0.39, 0.29) is 0 Å². The Hall–Kier alpha value is -0.860. The van der Waals surface area contributed by atoms with E-state index in [1.54, 1.807) is 0 Å². The van der Waals surface area contributed by atoms with Gasteiger partial charge in [-0.05, 0) is 36.8 Å². The van der Waals surface area contributed by atoms with Crippen LogP contribution in [0.4, 0.5) is 0 Å². The molecule has 1 unspecified atom stereocenters. The normalized spacial score (nSPS) is 23.7. The van der Waals surface area contributed by atoms with Crippen molar-refractivity contribution >= 4 is 0 Å². The molecule has 1 aliphatic rings. The topological polar surface area (TPSA) is 29.3 Å². The lowest BCUT2D eigenvalue weighted by atomic mass is 9.88. The van der Waals surface area contributed by atoms with E-state index in [9.17, 15) is 0 Å². The van der Waals surface area contributed by atoms with Gasteiger partial charge in [-0.3, -0.25) is 5.84 Å². The zero-order valence-corrected chi connectivity index (χ0v) is 8.74. The zero-order chi connectivity index (χ0) is 9.97. The van der Waals surface area contributed by atoms with Crippen molar-refractivity contribution in [1.29, 1.82) is 0 Å². The third-order valence-electron chi connectivity index (χ3n) is 3.08. The van der Waals surface area contributed by atoms with E-state index in [1.165, 1.54) is 24.0 Å². The van der Waals surface area contributed by atoms with Crippen LogP contribution in [0.25, 0.3) is 0 Å². The fourth-order valence-corrected chi connectivity index (χ4v) is 2.31. The van der Waals surface area contributed by atoms with Crippen LogP contribution in [-0.4, -0.2) is 18.1 Å². The molecule has 1 heterocycles. The van der Waals surface area contributed by atoms with Gasteiger partial charge in [0.2, 0.25) is 0 Å². The van der Waals surface area contributed by atoms with Crippen LogP contribution in [0, 0.1) is 6.92 Å². The van der Waals surface area contributed by atoms with Crippen LogP contribution < -0.4 is 5.84 Å². The molecule has 1 aromatic carbocycles. The van der Waals surface area contributed by atoms with E-state index in [0.29, 0.717) is 5.92 Å². The number of nitrogens with zero attached hydrogens (tertiary/aromatic N) is 1. The first-order valence-electron chi connectivity index (χ1n) is 5.32. The third-order valence-corrected chi connectivity index (χ3v) is 3.08. The lowest BCUT2D eigenvalue weighted by Gasteiger charge is -2.30. The minimum Gasteiger partial charge on any atom is -0.269 e. The number of hydrogen-bond acceptors (Lipinski definition) is 2. The lowest BCUT2D eigenvalue weighted by Crippen LogP contribution is -2.39. The molecule has 1 saturated heterocycles. The maximum Gasteiger partial charge on any atom is 0.0197 e. The summed E-state index contributed by atoms with van der Waals surface area (Å²) in [5, 5.41) is 1.95. The van der Waals surface area contributed by atoms with Crippen molar-refractivity contribution in [3.63, 3.8) is 0 Å². The Bertz CT molecular complexity index is 309. The maximum atomic E-state index is 5.85. The predicted octanol–water partition coefficient (Wildman–Crippen LogP) is 2.05. The molecule has 0 aromatic heterocycles. The Balaban J connectivity index is 2.18. The summed E-state index contributed by atoms with van der Waals surface area (Å²) >= 11 is 0. The third kappa shape index (κ3) is 1.97. The smallest absolute Gasteiger partial charge is 0.0197 e. The van der Waals surface area contributed by atoms with Gasteiger partial charge in [0, 0.05) is 13.1 Å². The average Bonchev–Trinajstić information content (AvgIpc) is 2.18. The van der Waals surface area contributed by atoms with Gasteiger partial charge in [0.15, 0.2) is 0 Å². The Morgan fingerprint density at radius 2 is 2.14 bits per heavy atom. The van der Waals surface area contributed by atoms with E-state index >= 15 is 0 Å². The predicted molar refractivity (Wildman–Crippen MR) is 58.9 cm³/mol. The second-order valence-corrected chi connectivity index (χ2v) is 4.19. The molecule has 1 aromatic rings. The number of rotatable bonds is 1. The molecule has 0 saturated carbocycles. The summed E-state index contributed by atoms with van der Waals surface area (Å²) in [4.78, 5) is 0. The lowest BCUT2D eigenvalue weighted by molar-refractivity contribution is 0.212. The first-order valence-corrected chi connectivity index (χ1v) is 5.32. The van der Waals surface area contributed by atoms with Gasteiger partial charge in [0.1, 0.15) is 0 Å². The van der Waals surface area contributed by atoms with E-state index in [2.05, 4.69) is 31.2 Å². The van der Waals surface area contributed by atoms with Gasteiger partial charge in [-0.25, -0.2) is 5.01 Å². The molecule has 76 valence electrons. The summed E-state index contributed by atoms with van der Waals surface area (Å²) in [6.45, 7) is 4.23. The highest BCUT2D eigenvalue weighted by Gasteiger charge is 2.19. The fourth-order valence-electron chi connectivity index (χ4n) is 2.31. The first kappa shape index (κ1) is 9.69. The van der Waals surface area contributed by atoms with Crippen LogP contribution in [0.2, 0.25) is 0 Å². The number of aryl methyl sites for hydroxylation is 1. The number of benzene rings is 1. The van der Waals surface area contributed by atoms with Crippen LogP contribution in [0.1, 0.15) is 29.9 Å². The SMILES string of the molecule is Cc1ccccc1C1CCCN(N)C1. The molecule has 2 rings (SSSR count). The molecule has 14 heavy (non-hydrogen) atoms. The van der Waals surface area contributed by atoms with Crippen molar-refractivity contribution < 1.29 is 0 Å². The Labute approximate surface area is 85.7 Å². The number of nitrogens with two attached hydrogens (primary N) is 1. The van der Waals surface area contributed by atoms with Gasteiger partial charge < -0.3 is 0 Å². The highest BCUT2D eigenvalue weighted by atomic mass is 15.4. The average molecular weight is 190 g/mol. The summed E-state index contributed by atoms with van der Waals surface area (Å²) in [5.74, 6) is 6.48. The molecule has 2 nitrogen and oxygen atoms in total. The molecule has 0 aliphatic carbocycles. The van der Waals surface area contributed by atoms with Crippen molar-refractivity contribution in [3.05, 3.63) is 35.4 Å². The summed E-state index contributed by atoms with van der Waals surface area (Å²) in [6.07, 6.45) is 2.49. The highest BCUT2D eigenvalue weighted by molar-refractivity contribution is 5.29. The van der Waals surface area contributed by atoms with Gasteiger partial charge in [-0.2, -0.15) is 0 Å².